The van der Waals surface area contributed by atoms with E-state index >= 15 is 0 Å². The second-order valence-corrected chi connectivity index (χ2v) is 10.3. The van der Waals surface area contributed by atoms with Gasteiger partial charge in [-0.3, -0.25) is 13.6 Å². The van der Waals surface area contributed by atoms with Crippen molar-refractivity contribution in [1.82, 2.24) is 14.6 Å². The van der Waals surface area contributed by atoms with E-state index in [0.717, 1.165) is 0 Å². The molecule has 2 aromatic rings. The highest BCUT2D eigenvalue weighted by molar-refractivity contribution is 7.48. The van der Waals surface area contributed by atoms with Crippen LogP contribution in [0.25, 0.3) is 5.52 Å². The molecule has 2 unspecified atom stereocenters. The van der Waals surface area contributed by atoms with Crippen LogP contribution in [0, 0.1) is 5.41 Å². The fourth-order valence-corrected chi connectivity index (χ4v) is 5.20. The zero-order valence-electron chi connectivity index (χ0n) is 16.4. The lowest BCUT2D eigenvalue weighted by Crippen LogP contribution is -2.53. The predicted molar refractivity (Wildman–Crippen MR) is 101 cm³/mol. The summed E-state index contributed by atoms with van der Waals surface area (Å²) in [6, 6.07) is 3.64. The first-order chi connectivity index (χ1) is 13.0. The Morgan fingerprint density at radius 3 is 2.89 bits per heavy atom. The molecule has 4 rings (SSSR count). The van der Waals surface area contributed by atoms with E-state index in [4.69, 9.17) is 29.8 Å². The minimum atomic E-state index is -3.73. The van der Waals surface area contributed by atoms with Gasteiger partial charge >= 0.3 is 7.82 Å². The largest absolute Gasteiger partial charge is 0.475 e. The van der Waals surface area contributed by atoms with E-state index in [1.54, 1.807) is 17.5 Å². The fourth-order valence-electron chi connectivity index (χ4n) is 3.49. The minimum absolute atomic E-state index is 0.0653. The van der Waals surface area contributed by atoms with Gasteiger partial charge in [0.2, 0.25) is 0 Å². The van der Waals surface area contributed by atoms with E-state index in [2.05, 4.69) is 10.1 Å². The number of nitrogens with zero attached hydrogens (tertiary/aromatic N) is 3. The van der Waals surface area contributed by atoms with Gasteiger partial charge in [-0.05, 0) is 24.5 Å². The van der Waals surface area contributed by atoms with Crippen molar-refractivity contribution in [2.45, 2.75) is 51.5 Å². The van der Waals surface area contributed by atoms with E-state index < -0.39 is 31.7 Å². The summed E-state index contributed by atoms with van der Waals surface area (Å²) in [5.74, 6) is 0.357. The van der Waals surface area contributed by atoms with E-state index in [-0.39, 0.29) is 18.6 Å². The molecule has 154 valence electrons. The summed E-state index contributed by atoms with van der Waals surface area (Å²) in [4.78, 5) is 3.99. The second kappa shape index (κ2) is 6.48. The van der Waals surface area contributed by atoms with E-state index in [1.807, 2.05) is 26.8 Å². The first-order valence-electron chi connectivity index (χ1n) is 9.10. The summed E-state index contributed by atoms with van der Waals surface area (Å²) >= 11 is 0. The third-order valence-corrected chi connectivity index (χ3v) is 6.30. The van der Waals surface area contributed by atoms with Gasteiger partial charge in [-0.1, -0.05) is 20.8 Å². The third kappa shape index (κ3) is 3.34. The van der Waals surface area contributed by atoms with Crippen LogP contribution in [0.2, 0.25) is 0 Å². The number of nitrogens with two attached hydrogens (primary N) is 2. The molecule has 0 bridgehead atoms. The lowest BCUT2D eigenvalue weighted by atomic mass is 9.88. The Balaban J connectivity index is 1.61. The molecule has 2 fully saturated rings. The Labute approximate surface area is 163 Å². The van der Waals surface area contributed by atoms with Gasteiger partial charge in [0.05, 0.1) is 24.4 Å². The Kier molecular flexibility index (Phi) is 4.57. The Bertz CT molecular complexity index is 940. The van der Waals surface area contributed by atoms with E-state index in [0.29, 0.717) is 17.0 Å². The van der Waals surface area contributed by atoms with Gasteiger partial charge in [0.25, 0.3) is 0 Å². The molecule has 11 heteroatoms. The number of rotatable bonds is 3. The van der Waals surface area contributed by atoms with Crippen LogP contribution < -0.4 is 11.5 Å². The summed E-state index contributed by atoms with van der Waals surface area (Å²) in [6.07, 6.45) is -0.348. The van der Waals surface area contributed by atoms with Gasteiger partial charge in [-0.2, -0.15) is 5.10 Å². The highest BCUT2D eigenvalue weighted by atomic mass is 31.2. The standard InChI is InChI=1S/C17H26N5O5P/c1-16(2,3)8-25-28(23)24-7-12-14(27-28)17(4,19)13(26-12)10-5-6-11-15(18)20-9-21-22(10)11/h5-6,9,12-14H,7-8,19H2,1-4H3,(H2,18,20,21)/t12-,13?,14-,17+,28?/m1/s1. The molecular weight excluding hydrogens is 385 g/mol. The Morgan fingerprint density at radius 1 is 1.43 bits per heavy atom. The SMILES string of the molecule is CC(C)(C)COP1(=O)OC[C@H]2OC(c3ccc4c(N)ncnn34)[C@](C)(N)[C@@H]2O1. The van der Waals surface area contributed by atoms with Crippen molar-refractivity contribution in [2.24, 2.45) is 11.1 Å². The zero-order valence-corrected chi connectivity index (χ0v) is 17.3. The minimum Gasteiger partial charge on any atom is -0.382 e. The van der Waals surface area contributed by atoms with E-state index in [9.17, 15) is 4.57 Å². The van der Waals surface area contributed by atoms with Crippen molar-refractivity contribution in [3.63, 3.8) is 0 Å². The quantitative estimate of drug-likeness (QED) is 0.727. The van der Waals surface area contributed by atoms with Crippen molar-refractivity contribution in [3.05, 3.63) is 24.2 Å². The molecule has 4 heterocycles. The van der Waals surface area contributed by atoms with Crippen molar-refractivity contribution in [2.75, 3.05) is 18.9 Å². The van der Waals surface area contributed by atoms with Gasteiger partial charge in [0.1, 0.15) is 30.2 Å². The van der Waals surface area contributed by atoms with Gasteiger partial charge in [-0.15, -0.1) is 0 Å². The van der Waals surface area contributed by atoms with Crippen LogP contribution in [0.5, 0.6) is 0 Å². The van der Waals surface area contributed by atoms with Crippen molar-refractivity contribution in [1.29, 1.82) is 0 Å². The maximum atomic E-state index is 12.9. The molecule has 10 nitrogen and oxygen atoms in total. The van der Waals surface area contributed by atoms with Gasteiger partial charge in [0.15, 0.2) is 5.82 Å². The van der Waals surface area contributed by atoms with Gasteiger partial charge < -0.3 is 16.2 Å². The number of fused-ring (bicyclic) bond motifs is 2. The van der Waals surface area contributed by atoms with Crippen LogP contribution >= 0.6 is 7.82 Å². The number of hydrogen-bond acceptors (Lipinski definition) is 9. The first-order valence-corrected chi connectivity index (χ1v) is 10.6. The van der Waals surface area contributed by atoms with Crippen LogP contribution in [0.15, 0.2) is 18.5 Å². The highest BCUT2D eigenvalue weighted by Gasteiger charge is 2.59. The zero-order chi connectivity index (χ0) is 20.3. The maximum absolute atomic E-state index is 12.9. The number of phosphoric acid groups is 1. The third-order valence-electron chi connectivity index (χ3n) is 4.90. The number of hydrogen-bond donors (Lipinski definition) is 2. The van der Waals surface area contributed by atoms with Gasteiger partial charge in [0, 0.05) is 0 Å². The van der Waals surface area contributed by atoms with Crippen molar-refractivity contribution < 1.29 is 22.9 Å². The molecule has 2 saturated heterocycles. The average molecular weight is 411 g/mol. The number of nitrogen functional groups attached to an aromatic ring is 1. The summed E-state index contributed by atoms with van der Waals surface area (Å²) in [6.45, 7) is 8.01. The van der Waals surface area contributed by atoms with Crippen LogP contribution in [0.3, 0.4) is 0 Å². The first kappa shape index (κ1) is 19.8. The lowest BCUT2D eigenvalue weighted by Gasteiger charge is -2.36. The number of phosphoric ester groups is 1. The summed E-state index contributed by atoms with van der Waals surface area (Å²) in [5, 5.41) is 4.25. The van der Waals surface area contributed by atoms with Crippen LogP contribution in [-0.4, -0.2) is 45.6 Å². The molecule has 4 N–H and O–H groups in total. The molecule has 0 amide bonds. The number of anilines is 1. The van der Waals surface area contributed by atoms with Crippen molar-refractivity contribution in [3.8, 4) is 0 Å². The fraction of sp³-hybridized carbons (Fsp3) is 0.647. The van der Waals surface area contributed by atoms with Crippen LogP contribution in [0.4, 0.5) is 5.82 Å². The second-order valence-electron chi connectivity index (χ2n) is 8.72. The predicted octanol–water partition coefficient (Wildman–Crippen LogP) is 2.05. The molecule has 0 radical (unpaired) electrons. The van der Waals surface area contributed by atoms with Crippen LogP contribution in [0.1, 0.15) is 39.5 Å². The van der Waals surface area contributed by atoms with Crippen molar-refractivity contribution >= 4 is 19.2 Å². The molecule has 28 heavy (non-hydrogen) atoms. The van der Waals surface area contributed by atoms with Gasteiger partial charge in [-0.25, -0.2) is 14.1 Å². The molecule has 2 aromatic heterocycles. The Morgan fingerprint density at radius 2 is 2.18 bits per heavy atom. The topological polar surface area (TPSA) is 136 Å². The number of aromatic nitrogens is 3. The normalized spacial score (nSPS) is 36.0. The summed E-state index contributed by atoms with van der Waals surface area (Å²) < 4.78 is 37.4. The number of ether oxygens (including phenoxy) is 1. The lowest BCUT2D eigenvalue weighted by molar-refractivity contribution is -0.0630. The van der Waals surface area contributed by atoms with E-state index in [1.165, 1.54) is 6.33 Å². The molecular formula is C17H26N5O5P. The molecule has 5 atom stereocenters. The molecule has 2 aliphatic rings. The highest BCUT2D eigenvalue weighted by Crippen LogP contribution is 2.59. The van der Waals surface area contributed by atoms with Crippen LogP contribution in [-0.2, 0) is 22.9 Å². The summed E-state index contributed by atoms with van der Waals surface area (Å²) in [5.41, 5.74) is 12.7. The average Bonchev–Trinajstić information content (AvgIpc) is 3.13. The molecule has 2 aliphatic heterocycles. The monoisotopic (exact) mass is 411 g/mol. The maximum Gasteiger partial charge on any atom is 0.475 e. The Hall–Kier alpha value is -1.55. The molecule has 0 aliphatic carbocycles. The smallest absolute Gasteiger partial charge is 0.382 e. The summed E-state index contributed by atoms with van der Waals surface area (Å²) in [7, 11) is -3.73. The molecule has 0 aromatic carbocycles. The molecule has 0 saturated carbocycles. The molecule has 0 spiro atoms.